The quantitative estimate of drug-likeness (QED) is 0.138. The van der Waals surface area contributed by atoms with Crippen molar-refractivity contribution < 1.29 is 0 Å². The first-order chi connectivity index (χ1) is 50.9. The van der Waals surface area contributed by atoms with Gasteiger partial charge in [-0.15, -0.1) is 0 Å². The standard InChI is InChI=1S/8C9H8N2.8C2H6/c1-7-2-3-9-8(4-7)5-10-6-11-9;1-7-2-3-8-5-10-6-11-9(8)4-7;1-7-2-3-8-9(6-7)11-5-4-10-8;1-7-3-2-4-9-8(7)5-10-6-11-9;1-7-3-2-4-8-5-10-6-11-9(7)8;1-7-3-2-4-8-9(7)11-6-5-10-8;1-7-10-6-8-4-2-3-5-9(8)11-7;1-7-6-10-8-4-2-3-5-9(8)11-7;8*1-2/h8*2-6H,1H3;8*1-2H3. The molecule has 0 amide bonds. The lowest BCUT2D eigenvalue weighted by Crippen LogP contribution is -1.86. The van der Waals surface area contributed by atoms with Gasteiger partial charge in [0, 0.05) is 88.9 Å². The van der Waals surface area contributed by atoms with E-state index >= 15 is 0 Å². The summed E-state index contributed by atoms with van der Waals surface area (Å²) in [6.07, 6.45) is 24.1. The van der Waals surface area contributed by atoms with Gasteiger partial charge < -0.3 is 0 Å². The van der Waals surface area contributed by atoms with E-state index < -0.39 is 0 Å². The lowest BCUT2D eigenvalue weighted by molar-refractivity contribution is 1.09. The van der Waals surface area contributed by atoms with Gasteiger partial charge in [-0.2, -0.15) is 0 Å². The molecule has 0 N–H and O–H groups in total. The van der Waals surface area contributed by atoms with E-state index in [9.17, 15) is 0 Å². The van der Waals surface area contributed by atoms with Crippen LogP contribution in [0.15, 0.2) is 245 Å². The summed E-state index contributed by atoms with van der Waals surface area (Å²) in [6, 6.07) is 52.3. The molecule has 8 aromatic heterocycles. The van der Waals surface area contributed by atoms with Crippen LogP contribution in [0.2, 0.25) is 0 Å². The molecule has 0 saturated heterocycles. The molecule has 0 fully saturated rings. The zero-order chi connectivity index (χ0) is 77.5. The van der Waals surface area contributed by atoms with E-state index in [0.717, 1.165) is 99.1 Å². The van der Waals surface area contributed by atoms with Crippen molar-refractivity contribution in [2.24, 2.45) is 0 Å². The van der Waals surface area contributed by atoms with E-state index in [1.807, 2.05) is 291 Å². The number of aryl methyl sites for hydroxylation is 8. The van der Waals surface area contributed by atoms with Crippen LogP contribution in [-0.2, 0) is 0 Å². The van der Waals surface area contributed by atoms with Gasteiger partial charge >= 0.3 is 0 Å². The second-order valence-electron chi connectivity index (χ2n) is 20.3. The SMILES string of the molecule is CC.CC.CC.CC.CC.CC.CC.CC.Cc1ccc2cncnc2c1.Cc1ccc2nccnc2c1.Cc1ccc2ncncc2c1.Cc1cccc2cncnc12.Cc1cccc2nccnc12.Cc1cccc2ncncc12.Cc1cnc2ccccc2n1.Cc1ncc2ccccc2n1. The van der Waals surface area contributed by atoms with Crippen LogP contribution in [0.1, 0.15) is 156 Å². The number of hydrogen-bond acceptors (Lipinski definition) is 16. The molecule has 0 aliphatic heterocycles. The predicted molar refractivity (Wildman–Crippen MR) is 445 cm³/mol. The van der Waals surface area contributed by atoms with E-state index in [4.69, 9.17) is 0 Å². The van der Waals surface area contributed by atoms with Crippen molar-refractivity contribution in [1.29, 1.82) is 0 Å². The molecular formula is C88H112N16. The van der Waals surface area contributed by atoms with Gasteiger partial charge in [0.05, 0.1) is 66.4 Å². The minimum Gasteiger partial charge on any atom is -0.253 e. The first kappa shape index (κ1) is 90.5. The molecule has 8 heterocycles. The molecule has 0 bridgehead atoms. The summed E-state index contributed by atoms with van der Waals surface area (Å²) in [5, 5.41) is 5.53. The maximum Gasteiger partial charge on any atom is 0.125 e. The number of para-hydroxylation sites is 5. The fourth-order valence-electron chi connectivity index (χ4n) is 8.83. The van der Waals surface area contributed by atoms with Crippen LogP contribution in [0.25, 0.3) is 87.6 Å². The molecule has 0 saturated carbocycles. The van der Waals surface area contributed by atoms with E-state index in [1.54, 1.807) is 56.3 Å². The van der Waals surface area contributed by atoms with Crippen molar-refractivity contribution in [3.05, 3.63) is 290 Å². The largest absolute Gasteiger partial charge is 0.253 e. The highest BCUT2D eigenvalue weighted by atomic mass is 14.9. The molecule has 0 aliphatic carbocycles. The molecule has 0 aliphatic rings. The Kier molecular flexibility index (Phi) is 48.0. The fourth-order valence-corrected chi connectivity index (χ4v) is 8.83. The second kappa shape index (κ2) is 55.2. The van der Waals surface area contributed by atoms with Crippen molar-refractivity contribution in [2.45, 2.75) is 166 Å². The maximum absolute atomic E-state index is 4.31. The highest BCUT2D eigenvalue weighted by Crippen LogP contribution is 2.17. The van der Waals surface area contributed by atoms with Crippen LogP contribution in [0.3, 0.4) is 0 Å². The first-order valence-electron chi connectivity index (χ1n) is 36.3. The molecule has 8 aromatic carbocycles. The van der Waals surface area contributed by atoms with Crippen LogP contribution in [0.5, 0.6) is 0 Å². The van der Waals surface area contributed by atoms with Gasteiger partial charge in [-0.05, 0) is 144 Å². The van der Waals surface area contributed by atoms with Crippen molar-refractivity contribution in [3.63, 3.8) is 0 Å². The summed E-state index contributed by atoms with van der Waals surface area (Å²) in [4.78, 5) is 66.0. The van der Waals surface area contributed by atoms with Gasteiger partial charge in [0.15, 0.2) is 0 Å². The van der Waals surface area contributed by atoms with Crippen molar-refractivity contribution in [3.8, 4) is 0 Å². The third-order valence-corrected chi connectivity index (χ3v) is 13.3. The molecule has 0 atom stereocenters. The van der Waals surface area contributed by atoms with Gasteiger partial charge in [0.1, 0.15) is 31.1 Å². The molecule has 0 unspecified atom stereocenters. The number of benzene rings is 8. The Morgan fingerprint density at radius 1 is 0.221 bits per heavy atom. The van der Waals surface area contributed by atoms with E-state index in [-0.39, 0.29) is 0 Å². The van der Waals surface area contributed by atoms with E-state index in [2.05, 4.69) is 144 Å². The Bertz CT molecular complexity index is 4240. The third kappa shape index (κ3) is 31.6. The van der Waals surface area contributed by atoms with Crippen LogP contribution in [-0.4, -0.2) is 79.7 Å². The van der Waals surface area contributed by atoms with Crippen molar-refractivity contribution >= 4 is 87.6 Å². The highest BCUT2D eigenvalue weighted by Gasteiger charge is 2.00. The van der Waals surface area contributed by atoms with Gasteiger partial charge in [-0.3, -0.25) is 24.9 Å². The minimum absolute atomic E-state index is 0.823. The van der Waals surface area contributed by atoms with Crippen LogP contribution < -0.4 is 0 Å². The second-order valence-corrected chi connectivity index (χ2v) is 20.3. The monoisotopic (exact) mass is 1390 g/mol. The minimum atomic E-state index is 0.823. The Morgan fingerprint density at radius 3 is 1.27 bits per heavy atom. The van der Waals surface area contributed by atoms with Crippen LogP contribution in [0.4, 0.5) is 0 Å². The van der Waals surface area contributed by atoms with Crippen LogP contribution >= 0.6 is 0 Å². The predicted octanol–water partition coefficient (Wildman–Crippen LogP) is 23.7. The first-order valence-corrected chi connectivity index (χ1v) is 36.3. The number of fused-ring (bicyclic) bond motifs is 8. The number of aromatic nitrogens is 16. The summed E-state index contributed by atoms with van der Waals surface area (Å²) in [6.45, 7) is 48.2. The molecule has 16 aromatic rings. The van der Waals surface area contributed by atoms with Crippen molar-refractivity contribution in [2.75, 3.05) is 0 Å². The summed E-state index contributed by atoms with van der Waals surface area (Å²) < 4.78 is 0. The molecule has 104 heavy (non-hydrogen) atoms. The normalized spacial score (nSPS) is 9.15. The number of nitrogens with zero attached hydrogens (tertiary/aromatic N) is 16. The number of hydrogen-bond donors (Lipinski definition) is 0. The summed E-state index contributed by atoms with van der Waals surface area (Å²) in [5.74, 6) is 0.823. The smallest absolute Gasteiger partial charge is 0.125 e. The highest BCUT2D eigenvalue weighted by molar-refractivity contribution is 5.83. The summed E-state index contributed by atoms with van der Waals surface area (Å²) in [7, 11) is 0. The molecule has 16 rings (SSSR count). The van der Waals surface area contributed by atoms with Gasteiger partial charge in [0.25, 0.3) is 0 Å². The lowest BCUT2D eigenvalue weighted by Gasteiger charge is -1.97. The average Bonchev–Trinajstić information content (AvgIpc) is 0.856. The molecule has 16 heteroatoms. The Balaban J connectivity index is 0.000000578. The zero-order valence-electron chi connectivity index (χ0n) is 66.2. The summed E-state index contributed by atoms with van der Waals surface area (Å²) >= 11 is 0. The lowest BCUT2D eigenvalue weighted by atomic mass is 10.1. The Labute approximate surface area is 620 Å². The van der Waals surface area contributed by atoms with Gasteiger partial charge in [0.2, 0.25) is 0 Å². The molecule has 544 valence electrons. The summed E-state index contributed by atoms with van der Waals surface area (Å²) in [5.41, 5.74) is 19.2. The van der Waals surface area contributed by atoms with Crippen LogP contribution in [0, 0.1) is 55.4 Å². The average molecular weight is 1390 g/mol. The van der Waals surface area contributed by atoms with Gasteiger partial charge in [-0.25, -0.2) is 54.8 Å². The molecular weight excluding hydrogens is 1280 g/mol. The molecule has 0 spiro atoms. The Hall–Kier alpha value is -11.5. The fraction of sp³-hybridized carbons (Fsp3) is 0.273. The van der Waals surface area contributed by atoms with Gasteiger partial charge in [-0.1, -0.05) is 213 Å². The van der Waals surface area contributed by atoms with E-state index in [1.165, 1.54) is 33.4 Å². The van der Waals surface area contributed by atoms with Crippen molar-refractivity contribution in [1.82, 2.24) is 79.7 Å². The third-order valence-electron chi connectivity index (χ3n) is 13.3. The Morgan fingerprint density at radius 2 is 0.644 bits per heavy atom. The topological polar surface area (TPSA) is 206 Å². The molecule has 16 nitrogen and oxygen atoms in total. The zero-order valence-corrected chi connectivity index (χ0v) is 66.2. The van der Waals surface area contributed by atoms with E-state index in [0.29, 0.717) is 0 Å². The maximum atomic E-state index is 4.31. The number of rotatable bonds is 0. The molecule has 0 radical (unpaired) electrons.